The molecule has 0 spiro atoms. The maximum atomic E-state index is 14.4. The van der Waals surface area contributed by atoms with E-state index < -0.39 is 11.5 Å². The van der Waals surface area contributed by atoms with Gasteiger partial charge in [0, 0.05) is 17.0 Å². The lowest BCUT2D eigenvalue weighted by molar-refractivity contribution is -0.126. The molecule has 3 heterocycles. The molecule has 2 aromatic heterocycles. The molecule has 1 aliphatic heterocycles. The van der Waals surface area contributed by atoms with Gasteiger partial charge < -0.3 is 19.9 Å². The van der Waals surface area contributed by atoms with E-state index in [0.29, 0.717) is 28.8 Å². The number of anilines is 3. The average molecular weight is 745 g/mol. The second-order valence-corrected chi connectivity index (χ2v) is 15.0. The van der Waals surface area contributed by atoms with Gasteiger partial charge >= 0.3 is 0 Å². The summed E-state index contributed by atoms with van der Waals surface area (Å²) < 4.78 is 5.65. The van der Waals surface area contributed by atoms with Crippen molar-refractivity contribution in [3.63, 3.8) is 0 Å². The molecule has 10 nitrogen and oxygen atoms in total. The zero-order valence-corrected chi connectivity index (χ0v) is 31.3. The van der Waals surface area contributed by atoms with Gasteiger partial charge in [-0.05, 0) is 76.9 Å². The van der Waals surface area contributed by atoms with Gasteiger partial charge in [-0.25, -0.2) is 15.0 Å². The number of ketones is 2. The molecular formula is C44H36N6O4S. The molecule has 4 aromatic carbocycles. The minimum absolute atomic E-state index is 0.00334. The lowest BCUT2D eigenvalue weighted by Gasteiger charge is -2.42. The van der Waals surface area contributed by atoms with Gasteiger partial charge in [0.05, 0.1) is 36.6 Å². The van der Waals surface area contributed by atoms with E-state index in [1.54, 1.807) is 12.3 Å². The van der Waals surface area contributed by atoms with Crippen molar-refractivity contribution in [3.05, 3.63) is 125 Å². The summed E-state index contributed by atoms with van der Waals surface area (Å²) in [6.45, 7) is 6.51. The van der Waals surface area contributed by atoms with Crippen LogP contribution in [0.5, 0.6) is 5.75 Å². The molecule has 0 bridgehead atoms. The highest BCUT2D eigenvalue weighted by atomic mass is 32.1. The number of fused-ring (bicyclic) bond motifs is 6. The maximum Gasteiger partial charge on any atom is 0.245 e. The molecule has 2 unspecified atom stereocenters. The summed E-state index contributed by atoms with van der Waals surface area (Å²) in [6, 6.07) is 29.4. The van der Waals surface area contributed by atoms with Crippen LogP contribution >= 0.6 is 11.3 Å². The number of hydrogen-bond donors (Lipinski definition) is 1. The first-order valence-corrected chi connectivity index (χ1v) is 19.0. The summed E-state index contributed by atoms with van der Waals surface area (Å²) in [6.07, 6.45) is 6.80. The Morgan fingerprint density at radius 2 is 1.69 bits per heavy atom. The third-order valence-corrected chi connectivity index (χ3v) is 11.7. The lowest BCUT2D eigenvalue weighted by atomic mass is 9.73. The molecule has 0 radical (unpaired) electrons. The van der Waals surface area contributed by atoms with Crippen LogP contribution in [-0.2, 0) is 15.1 Å². The number of amides is 1. The monoisotopic (exact) mass is 744 g/mol. The highest BCUT2D eigenvalue weighted by Gasteiger charge is 2.50. The molecular weight excluding hydrogens is 709 g/mol. The van der Waals surface area contributed by atoms with Gasteiger partial charge in [-0.3, -0.25) is 14.4 Å². The normalized spacial score (nSPS) is 18.1. The van der Waals surface area contributed by atoms with Gasteiger partial charge in [-0.1, -0.05) is 91.1 Å². The highest BCUT2D eigenvalue weighted by Crippen LogP contribution is 2.44. The summed E-state index contributed by atoms with van der Waals surface area (Å²) >= 11 is 1.41. The number of benzene rings is 4. The molecule has 1 amide bonds. The van der Waals surface area contributed by atoms with Crippen LogP contribution in [0.1, 0.15) is 36.7 Å². The van der Waals surface area contributed by atoms with E-state index in [1.165, 1.54) is 17.7 Å². The minimum Gasteiger partial charge on any atom is -0.494 e. The molecule has 2 atom stereocenters. The molecule has 55 heavy (non-hydrogen) atoms. The van der Waals surface area contributed by atoms with E-state index >= 15 is 0 Å². The first kappa shape index (κ1) is 34.3. The van der Waals surface area contributed by atoms with Gasteiger partial charge in [0.1, 0.15) is 23.3 Å². The van der Waals surface area contributed by atoms with E-state index in [0.717, 1.165) is 54.6 Å². The average Bonchev–Trinajstić information content (AvgIpc) is 3.80. The molecule has 6 aromatic rings. The molecule has 2 aliphatic carbocycles. The highest BCUT2D eigenvalue weighted by molar-refractivity contribution is 7.19. The van der Waals surface area contributed by atoms with Crippen molar-refractivity contribution < 1.29 is 19.1 Å². The van der Waals surface area contributed by atoms with Crippen molar-refractivity contribution in [1.29, 1.82) is 0 Å². The number of carbonyl (C=O) groups is 3. The summed E-state index contributed by atoms with van der Waals surface area (Å²) in [5, 5.41) is 5.20. The fourth-order valence-corrected chi connectivity index (χ4v) is 9.07. The van der Waals surface area contributed by atoms with Crippen LogP contribution in [0, 0.1) is 5.92 Å². The van der Waals surface area contributed by atoms with Crippen LogP contribution in [0.25, 0.3) is 45.0 Å². The minimum atomic E-state index is -1.16. The first-order chi connectivity index (χ1) is 26.7. The van der Waals surface area contributed by atoms with Crippen molar-refractivity contribution >= 4 is 57.6 Å². The van der Waals surface area contributed by atoms with Crippen LogP contribution in [-0.4, -0.2) is 52.2 Å². The number of rotatable bonds is 8. The largest absolute Gasteiger partial charge is 0.494 e. The van der Waals surface area contributed by atoms with E-state index in [1.807, 2.05) is 128 Å². The van der Waals surface area contributed by atoms with Gasteiger partial charge in [0.2, 0.25) is 5.91 Å². The number of carbonyl (C=O) groups excluding carboxylic acids is 3. The second-order valence-electron chi connectivity index (χ2n) is 14.0. The Morgan fingerprint density at radius 1 is 0.927 bits per heavy atom. The summed E-state index contributed by atoms with van der Waals surface area (Å²) in [7, 11) is 0. The first-order valence-electron chi connectivity index (χ1n) is 18.2. The Bertz CT molecular complexity index is 2660. The molecule has 0 fully saturated rings. The third-order valence-electron chi connectivity index (χ3n) is 10.7. The molecule has 3 aliphatic rings. The van der Waals surface area contributed by atoms with E-state index in [9.17, 15) is 14.4 Å². The van der Waals surface area contributed by atoms with Gasteiger partial charge in [-0.15, -0.1) is 0 Å². The number of nitrogens with zero attached hydrogens (tertiary/aromatic N) is 5. The molecule has 0 saturated carbocycles. The molecule has 1 N–H and O–H groups in total. The standard InChI is InChI=1S/C44H36N6O4S/c1-4-54-29-16-14-27(15-17-29)39-40(28-10-6-5-7-11-28)55-43(48-39)47-38(52)23-49-25-50(42-36(49)22-45-24-46-42)44(3)35-19-18-31-30-12-8-9-13-32(30)37(51)21-33(31)34(35)20-26(2)41(44)53/h5-22,24,26H,4,23,25H2,1-3H3,(H,47,48,52). The van der Waals surface area contributed by atoms with E-state index in [-0.39, 0.29) is 30.7 Å². The third kappa shape index (κ3) is 5.70. The number of hydrogen-bond acceptors (Lipinski definition) is 10. The van der Waals surface area contributed by atoms with Crippen molar-refractivity contribution in [1.82, 2.24) is 15.0 Å². The van der Waals surface area contributed by atoms with E-state index in [2.05, 4.69) is 15.3 Å². The Hall–Kier alpha value is -6.46. The Kier molecular flexibility index (Phi) is 8.38. The zero-order chi connectivity index (χ0) is 37.8. The number of ether oxygens (including phenoxy) is 1. The smallest absolute Gasteiger partial charge is 0.245 e. The SMILES string of the molecule is CCOc1ccc(-c2nc(NC(=O)CN3CN(C4(C)C(=O)C(C)C=c5c4ccc4c5=CC(=O)c5ccccc5-4)c4ncncc43)sc2-c2ccccc2)cc1. The maximum absolute atomic E-state index is 14.4. The number of nitrogens with one attached hydrogen (secondary N) is 1. The van der Waals surface area contributed by atoms with Crippen molar-refractivity contribution in [3.8, 4) is 38.6 Å². The van der Waals surface area contributed by atoms with Crippen molar-refractivity contribution in [2.45, 2.75) is 26.3 Å². The Labute approximate surface area is 321 Å². The fourth-order valence-electron chi connectivity index (χ4n) is 8.06. The second kappa shape index (κ2) is 13.4. The molecule has 11 heteroatoms. The summed E-state index contributed by atoms with van der Waals surface area (Å²) in [4.78, 5) is 60.3. The Balaban J connectivity index is 1.03. The predicted octanol–water partition coefficient (Wildman–Crippen LogP) is 6.45. The fraction of sp³-hybridized carbons (Fsp3) is 0.182. The predicted molar refractivity (Wildman–Crippen MR) is 215 cm³/mol. The zero-order valence-electron chi connectivity index (χ0n) is 30.4. The van der Waals surface area contributed by atoms with Crippen molar-refractivity contribution in [2.24, 2.45) is 5.92 Å². The number of aromatic nitrogens is 3. The lowest BCUT2D eigenvalue weighted by Crippen LogP contribution is -2.59. The van der Waals surface area contributed by atoms with E-state index in [4.69, 9.17) is 9.72 Å². The Morgan fingerprint density at radius 3 is 2.47 bits per heavy atom. The van der Waals surface area contributed by atoms with Crippen LogP contribution in [0.15, 0.2) is 104 Å². The molecule has 9 rings (SSSR count). The topological polar surface area (TPSA) is 118 Å². The van der Waals surface area contributed by atoms with Crippen molar-refractivity contribution in [2.75, 3.05) is 34.9 Å². The molecule has 0 saturated heterocycles. The summed E-state index contributed by atoms with van der Waals surface area (Å²) in [5.41, 5.74) is 5.44. The molecule has 272 valence electrons. The number of thiazole rings is 1. The van der Waals surface area contributed by atoms with Gasteiger partial charge in [0.25, 0.3) is 0 Å². The quantitative estimate of drug-likeness (QED) is 0.188. The van der Waals surface area contributed by atoms with Crippen LogP contribution < -0.4 is 30.3 Å². The number of Topliss-reactive ketones (excluding diaryl/α,β-unsaturated/α-hetero) is 2. The van der Waals surface area contributed by atoms with Gasteiger partial charge in [0.15, 0.2) is 22.5 Å². The van der Waals surface area contributed by atoms with Crippen LogP contribution in [0.4, 0.5) is 16.6 Å². The summed E-state index contributed by atoms with van der Waals surface area (Å²) in [5.74, 6) is 0.553. The van der Waals surface area contributed by atoms with Gasteiger partial charge in [-0.2, -0.15) is 0 Å². The van der Waals surface area contributed by atoms with Crippen LogP contribution in [0.3, 0.4) is 0 Å². The van der Waals surface area contributed by atoms with Crippen LogP contribution in [0.2, 0.25) is 0 Å².